The minimum absolute atomic E-state index is 0.0897. The first-order valence-corrected chi connectivity index (χ1v) is 9.14. The SMILES string of the molecule is [B]c1cc2c3c(c[nH]c3c1)CC1C2=CC(C(=O)N(CC)CC)CN1C. The average molecular weight is 333 g/mol. The smallest absolute Gasteiger partial charge is 0.230 e. The zero-order chi connectivity index (χ0) is 17.7. The lowest BCUT2D eigenvalue weighted by atomic mass is 9.77. The molecular formula is C20H24BN3O. The second-order valence-electron chi connectivity index (χ2n) is 7.20. The molecule has 1 aliphatic heterocycles. The van der Waals surface area contributed by atoms with Crippen LogP contribution in [0.2, 0.25) is 0 Å². The van der Waals surface area contributed by atoms with Gasteiger partial charge in [0.1, 0.15) is 7.85 Å². The Morgan fingerprint density at radius 3 is 2.84 bits per heavy atom. The average Bonchev–Trinajstić information content (AvgIpc) is 3.00. The van der Waals surface area contributed by atoms with Crippen molar-refractivity contribution in [2.45, 2.75) is 26.3 Å². The number of rotatable bonds is 3. The van der Waals surface area contributed by atoms with E-state index in [1.807, 2.05) is 24.8 Å². The quantitative estimate of drug-likeness (QED) is 0.869. The number of hydrogen-bond donors (Lipinski definition) is 1. The predicted molar refractivity (Wildman–Crippen MR) is 103 cm³/mol. The first-order chi connectivity index (χ1) is 12.0. The third-order valence-corrected chi connectivity index (χ3v) is 5.76. The molecule has 128 valence electrons. The van der Waals surface area contributed by atoms with Crippen LogP contribution in [0.25, 0.3) is 16.5 Å². The molecule has 4 rings (SSSR count). The Morgan fingerprint density at radius 1 is 1.36 bits per heavy atom. The molecule has 0 bridgehead atoms. The van der Waals surface area contributed by atoms with Gasteiger partial charge in [-0.2, -0.15) is 0 Å². The molecule has 2 unspecified atom stereocenters. The highest BCUT2D eigenvalue weighted by Gasteiger charge is 2.36. The molecule has 2 heterocycles. The number of aromatic amines is 1. The number of nitrogens with zero attached hydrogens (tertiary/aromatic N) is 2. The number of carbonyl (C=O) groups is 1. The highest BCUT2D eigenvalue weighted by atomic mass is 16.2. The highest BCUT2D eigenvalue weighted by Crippen LogP contribution is 2.40. The molecule has 0 saturated heterocycles. The standard InChI is InChI=1S/C20H24BN3O/c1-4-24(5-2)20(25)13-6-15-16-8-14(21)9-17-19(16)12(10-22-17)7-18(15)23(3)11-13/h6,8-10,13,18,22H,4-5,7,11H2,1-3H3. The van der Waals surface area contributed by atoms with E-state index in [-0.39, 0.29) is 11.8 Å². The van der Waals surface area contributed by atoms with Crippen molar-refractivity contribution in [2.75, 3.05) is 26.7 Å². The molecule has 1 aliphatic carbocycles. The molecule has 1 aromatic heterocycles. The Labute approximate surface area is 150 Å². The van der Waals surface area contributed by atoms with Crippen molar-refractivity contribution >= 4 is 35.7 Å². The summed E-state index contributed by atoms with van der Waals surface area (Å²) in [5.41, 5.74) is 5.63. The molecular weight excluding hydrogens is 309 g/mol. The summed E-state index contributed by atoms with van der Waals surface area (Å²) in [5, 5.41) is 1.26. The molecule has 1 N–H and O–H groups in total. The number of fused-ring (bicyclic) bond motifs is 2. The first-order valence-electron chi connectivity index (χ1n) is 9.14. The summed E-state index contributed by atoms with van der Waals surface area (Å²) in [5.74, 6) is 0.135. The van der Waals surface area contributed by atoms with Crippen LogP contribution in [0, 0.1) is 5.92 Å². The van der Waals surface area contributed by atoms with E-state index in [1.165, 1.54) is 22.1 Å². The minimum atomic E-state index is -0.0897. The highest BCUT2D eigenvalue weighted by molar-refractivity contribution is 6.33. The summed E-state index contributed by atoms with van der Waals surface area (Å²) < 4.78 is 0. The molecule has 2 atom stereocenters. The van der Waals surface area contributed by atoms with E-state index in [0.717, 1.165) is 37.0 Å². The van der Waals surface area contributed by atoms with E-state index in [9.17, 15) is 4.79 Å². The van der Waals surface area contributed by atoms with Gasteiger partial charge in [0.15, 0.2) is 0 Å². The Bertz CT molecular complexity index is 865. The Morgan fingerprint density at radius 2 is 2.12 bits per heavy atom. The summed E-state index contributed by atoms with van der Waals surface area (Å²) in [6.45, 7) is 6.37. The maximum absolute atomic E-state index is 12.9. The van der Waals surface area contributed by atoms with Crippen LogP contribution in [0.15, 0.2) is 24.4 Å². The fraction of sp³-hybridized carbons (Fsp3) is 0.450. The number of likely N-dealkylation sites (N-methyl/N-ethyl adjacent to an activating group) is 1. The van der Waals surface area contributed by atoms with Crippen molar-refractivity contribution in [1.29, 1.82) is 0 Å². The van der Waals surface area contributed by atoms with Crippen LogP contribution in [0.4, 0.5) is 0 Å². The number of nitrogens with one attached hydrogen (secondary N) is 1. The topological polar surface area (TPSA) is 39.3 Å². The number of carbonyl (C=O) groups excluding carboxylic acids is 1. The fourth-order valence-corrected chi connectivity index (χ4v) is 4.47. The number of amides is 1. The predicted octanol–water partition coefficient (Wildman–Crippen LogP) is 1.70. The molecule has 1 amide bonds. The third kappa shape index (κ3) is 2.53. The third-order valence-electron chi connectivity index (χ3n) is 5.76. The molecule has 0 saturated carbocycles. The second-order valence-corrected chi connectivity index (χ2v) is 7.20. The lowest BCUT2D eigenvalue weighted by Crippen LogP contribution is -2.47. The van der Waals surface area contributed by atoms with Crippen LogP contribution in [-0.4, -0.2) is 61.3 Å². The Kier molecular flexibility index (Phi) is 3.99. The molecule has 4 nitrogen and oxygen atoms in total. The van der Waals surface area contributed by atoms with E-state index in [0.29, 0.717) is 6.04 Å². The van der Waals surface area contributed by atoms with Gasteiger partial charge in [-0.05, 0) is 50.1 Å². The summed E-state index contributed by atoms with van der Waals surface area (Å²) in [7, 11) is 8.27. The molecule has 2 radical (unpaired) electrons. The van der Waals surface area contributed by atoms with Gasteiger partial charge in [0.25, 0.3) is 0 Å². The van der Waals surface area contributed by atoms with E-state index in [4.69, 9.17) is 7.85 Å². The van der Waals surface area contributed by atoms with Gasteiger partial charge in [-0.15, -0.1) is 0 Å². The van der Waals surface area contributed by atoms with Gasteiger partial charge in [0.05, 0.1) is 5.92 Å². The summed E-state index contributed by atoms with van der Waals surface area (Å²) >= 11 is 0. The van der Waals surface area contributed by atoms with Gasteiger partial charge in [0, 0.05) is 42.8 Å². The van der Waals surface area contributed by atoms with Crippen LogP contribution in [0.3, 0.4) is 0 Å². The number of aromatic nitrogens is 1. The fourth-order valence-electron chi connectivity index (χ4n) is 4.47. The molecule has 0 fully saturated rings. The molecule has 2 aliphatic rings. The van der Waals surface area contributed by atoms with E-state index in [2.05, 4.69) is 35.3 Å². The van der Waals surface area contributed by atoms with Gasteiger partial charge in [-0.3, -0.25) is 9.69 Å². The zero-order valence-corrected chi connectivity index (χ0v) is 15.2. The van der Waals surface area contributed by atoms with Gasteiger partial charge in [-0.25, -0.2) is 0 Å². The van der Waals surface area contributed by atoms with Crippen LogP contribution >= 0.6 is 0 Å². The molecule has 2 aromatic rings. The number of benzene rings is 1. The lowest BCUT2D eigenvalue weighted by molar-refractivity contribution is -0.134. The largest absolute Gasteiger partial charge is 0.361 e. The van der Waals surface area contributed by atoms with Crippen molar-refractivity contribution in [1.82, 2.24) is 14.8 Å². The summed E-state index contributed by atoms with van der Waals surface area (Å²) in [6.07, 6.45) is 5.28. The molecule has 0 spiro atoms. The monoisotopic (exact) mass is 333 g/mol. The Hall–Kier alpha value is -2.01. The van der Waals surface area contributed by atoms with Crippen LogP contribution in [-0.2, 0) is 11.2 Å². The second kappa shape index (κ2) is 6.06. The first kappa shape index (κ1) is 16.5. The van der Waals surface area contributed by atoms with Crippen LogP contribution < -0.4 is 5.46 Å². The van der Waals surface area contributed by atoms with E-state index < -0.39 is 0 Å². The van der Waals surface area contributed by atoms with E-state index >= 15 is 0 Å². The lowest BCUT2D eigenvalue weighted by Gasteiger charge is -2.40. The van der Waals surface area contributed by atoms with Crippen LogP contribution in [0.1, 0.15) is 25.0 Å². The minimum Gasteiger partial charge on any atom is -0.361 e. The van der Waals surface area contributed by atoms with Crippen molar-refractivity contribution in [3.8, 4) is 0 Å². The molecule has 5 heteroatoms. The van der Waals surface area contributed by atoms with Crippen LogP contribution in [0.5, 0.6) is 0 Å². The maximum Gasteiger partial charge on any atom is 0.230 e. The molecule has 25 heavy (non-hydrogen) atoms. The normalized spacial score (nSPS) is 22.6. The summed E-state index contributed by atoms with van der Waals surface area (Å²) in [6, 6.07) is 4.37. The molecule has 1 aromatic carbocycles. The zero-order valence-electron chi connectivity index (χ0n) is 15.2. The van der Waals surface area contributed by atoms with Gasteiger partial charge >= 0.3 is 0 Å². The van der Waals surface area contributed by atoms with E-state index in [1.54, 1.807) is 0 Å². The van der Waals surface area contributed by atoms with Crippen molar-refractivity contribution in [2.24, 2.45) is 5.92 Å². The van der Waals surface area contributed by atoms with Crippen molar-refractivity contribution < 1.29 is 4.79 Å². The maximum atomic E-state index is 12.9. The van der Waals surface area contributed by atoms with Gasteiger partial charge < -0.3 is 9.88 Å². The number of hydrogen-bond acceptors (Lipinski definition) is 2. The summed E-state index contributed by atoms with van der Waals surface area (Å²) in [4.78, 5) is 20.5. The van der Waals surface area contributed by atoms with Gasteiger partial charge in [0.2, 0.25) is 5.91 Å². The van der Waals surface area contributed by atoms with Gasteiger partial charge in [-0.1, -0.05) is 17.6 Å². The van der Waals surface area contributed by atoms with Crippen molar-refractivity contribution in [3.05, 3.63) is 35.5 Å². The van der Waals surface area contributed by atoms with Crippen molar-refractivity contribution in [3.63, 3.8) is 0 Å². The Balaban J connectivity index is 1.83. The number of H-pyrrole nitrogens is 1.